The second kappa shape index (κ2) is 10.3. The number of benzene rings is 1. The van der Waals surface area contributed by atoms with E-state index in [2.05, 4.69) is 15.1 Å². The molecular formula is C20H25N5O4. The number of ketones is 1. The number of carbonyl (C=O) groups is 3. The zero-order chi connectivity index (χ0) is 21.4. The van der Waals surface area contributed by atoms with E-state index < -0.39 is 29.7 Å². The molecule has 1 amide bonds. The van der Waals surface area contributed by atoms with Crippen LogP contribution in [0, 0.1) is 0 Å². The van der Waals surface area contributed by atoms with Gasteiger partial charge >= 0.3 is 12.2 Å². The predicted molar refractivity (Wildman–Crippen MR) is 107 cm³/mol. The first-order valence-corrected chi connectivity index (χ1v) is 9.33. The molecule has 29 heavy (non-hydrogen) atoms. The minimum Gasteiger partial charge on any atom is -0.461 e. The molecule has 9 heteroatoms. The quantitative estimate of drug-likeness (QED) is 0.237. The van der Waals surface area contributed by atoms with E-state index in [4.69, 9.17) is 16.0 Å². The average Bonchev–Trinajstić information content (AvgIpc) is 3.06. The minimum atomic E-state index is -1.03. The van der Waals surface area contributed by atoms with Crippen molar-refractivity contribution in [2.75, 3.05) is 0 Å². The Kier molecular flexibility index (Phi) is 7.82. The number of hydrogen-bond acceptors (Lipinski definition) is 5. The standard InChI is InChI=1S/C20H25N5O4/c1-12(2)29-20(28)18(8-7-15(26)11-23-22)25-19(27)16(21)10-14-9-13-5-3-4-6-17(13)24-14/h3-6,9,11-12,16,18,24H,7-8,10,21H2,1-2H3,(H,25,27)/t16-,18-/m0/s1. The van der Waals surface area contributed by atoms with Gasteiger partial charge in [-0.2, -0.15) is 4.79 Å². The van der Waals surface area contributed by atoms with E-state index in [1.807, 2.05) is 30.3 Å². The van der Waals surface area contributed by atoms with Gasteiger partial charge in [-0.25, -0.2) is 4.79 Å². The molecule has 2 aromatic rings. The zero-order valence-corrected chi connectivity index (χ0v) is 16.4. The van der Waals surface area contributed by atoms with Crippen LogP contribution in [0.15, 0.2) is 30.3 Å². The maximum Gasteiger partial charge on any atom is 0.328 e. The van der Waals surface area contributed by atoms with Gasteiger partial charge in [0, 0.05) is 24.1 Å². The number of hydrogen-bond donors (Lipinski definition) is 3. The van der Waals surface area contributed by atoms with Crippen LogP contribution in [0.25, 0.3) is 16.4 Å². The van der Waals surface area contributed by atoms with Gasteiger partial charge in [-0.3, -0.25) is 9.59 Å². The Morgan fingerprint density at radius 1 is 1.31 bits per heavy atom. The molecule has 0 bridgehead atoms. The third kappa shape index (κ3) is 6.67. The number of carbonyl (C=O) groups excluding carboxylic acids is 3. The third-order valence-electron chi connectivity index (χ3n) is 4.20. The van der Waals surface area contributed by atoms with Gasteiger partial charge in [0.15, 0.2) is 0 Å². The molecule has 0 fully saturated rings. The lowest BCUT2D eigenvalue weighted by Gasteiger charge is -2.20. The Bertz CT molecular complexity index is 897. The maximum atomic E-state index is 12.5. The first-order valence-electron chi connectivity index (χ1n) is 9.33. The third-order valence-corrected chi connectivity index (χ3v) is 4.20. The fourth-order valence-electron chi connectivity index (χ4n) is 2.83. The fourth-order valence-corrected chi connectivity index (χ4v) is 2.83. The molecule has 0 aliphatic carbocycles. The summed E-state index contributed by atoms with van der Waals surface area (Å²) in [6.07, 6.45) is 0.522. The summed E-state index contributed by atoms with van der Waals surface area (Å²) in [6.45, 7) is 3.37. The Hall–Kier alpha value is -3.29. The number of aromatic amines is 1. The van der Waals surface area contributed by atoms with Crippen molar-refractivity contribution in [2.45, 2.75) is 51.3 Å². The number of H-pyrrole nitrogens is 1. The largest absolute Gasteiger partial charge is 0.461 e. The van der Waals surface area contributed by atoms with Gasteiger partial charge in [0.1, 0.15) is 6.04 Å². The molecule has 0 spiro atoms. The zero-order valence-electron chi connectivity index (χ0n) is 16.4. The topological polar surface area (TPSA) is 151 Å². The van der Waals surface area contributed by atoms with Crippen LogP contribution < -0.4 is 11.1 Å². The normalized spacial score (nSPS) is 12.8. The summed E-state index contributed by atoms with van der Waals surface area (Å²) in [5.41, 5.74) is 16.2. The number of para-hydroxylation sites is 1. The Morgan fingerprint density at radius 2 is 2.03 bits per heavy atom. The van der Waals surface area contributed by atoms with E-state index in [0.717, 1.165) is 22.8 Å². The second-order valence-corrected chi connectivity index (χ2v) is 6.99. The van der Waals surface area contributed by atoms with E-state index in [0.29, 0.717) is 0 Å². The Balaban J connectivity index is 2.02. The number of aromatic nitrogens is 1. The number of fused-ring (bicyclic) bond motifs is 1. The molecule has 0 aliphatic rings. The summed E-state index contributed by atoms with van der Waals surface area (Å²) in [5.74, 6) is -1.66. The number of amides is 1. The highest BCUT2D eigenvalue weighted by atomic mass is 16.5. The van der Waals surface area contributed by atoms with Crippen molar-refractivity contribution in [1.29, 1.82) is 0 Å². The molecule has 0 unspecified atom stereocenters. The Morgan fingerprint density at radius 3 is 2.69 bits per heavy atom. The SMILES string of the molecule is CC(C)OC(=O)[C@H](CCC(=O)C=[N+]=[N-])NC(=O)[C@@H](N)Cc1cc2ccccc2[nH]1. The van der Waals surface area contributed by atoms with Crippen LogP contribution in [0.2, 0.25) is 0 Å². The summed E-state index contributed by atoms with van der Waals surface area (Å²) < 4.78 is 5.15. The first kappa shape index (κ1) is 22.0. The number of rotatable bonds is 10. The van der Waals surface area contributed by atoms with Crippen LogP contribution in [0.3, 0.4) is 0 Å². The molecular weight excluding hydrogens is 374 g/mol. The number of nitrogens with one attached hydrogen (secondary N) is 2. The number of nitrogens with two attached hydrogens (primary N) is 1. The summed E-state index contributed by atoms with van der Waals surface area (Å²) >= 11 is 0. The van der Waals surface area contributed by atoms with E-state index >= 15 is 0 Å². The molecule has 0 saturated heterocycles. The predicted octanol–water partition coefficient (Wildman–Crippen LogP) is 1.12. The molecule has 2 rings (SSSR count). The molecule has 0 saturated carbocycles. The lowest BCUT2D eigenvalue weighted by atomic mass is 10.1. The van der Waals surface area contributed by atoms with Gasteiger partial charge in [0.2, 0.25) is 11.7 Å². The molecule has 1 heterocycles. The first-order chi connectivity index (χ1) is 13.8. The molecule has 154 valence electrons. The summed E-state index contributed by atoms with van der Waals surface area (Å²) in [6, 6.07) is 7.69. The van der Waals surface area contributed by atoms with E-state index in [-0.39, 0.29) is 25.4 Å². The summed E-state index contributed by atoms with van der Waals surface area (Å²) in [7, 11) is 0. The van der Waals surface area contributed by atoms with Gasteiger partial charge in [0.25, 0.3) is 0 Å². The molecule has 1 aromatic heterocycles. The number of ether oxygens (including phenoxy) is 1. The lowest BCUT2D eigenvalue weighted by molar-refractivity contribution is -0.151. The smallest absolute Gasteiger partial charge is 0.328 e. The van der Waals surface area contributed by atoms with Crippen molar-refractivity contribution >= 4 is 34.8 Å². The van der Waals surface area contributed by atoms with Crippen LogP contribution in [-0.2, 0) is 25.5 Å². The Labute approximate surface area is 168 Å². The van der Waals surface area contributed by atoms with Crippen molar-refractivity contribution in [3.8, 4) is 0 Å². The van der Waals surface area contributed by atoms with Gasteiger partial charge in [-0.1, -0.05) is 18.2 Å². The van der Waals surface area contributed by atoms with Gasteiger partial charge < -0.3 is 26.3 Å². The van der Waals surface area contributed by atoms with Crippen molar-refractivity contribution in [3.05, 3.63) is 41.6 Å². The van der Waals surface area contributed by atoms with Gasteiger partial charge in [-0.05, 0) is 37.8 Å². The van der Waals surface area contributed by atoms with Crippen molar-refractivity contribution < 1.29 is 23.9 Å². The average molecular weight is 399 g/mol. The van der Waals surface area contributed by atoms with Crippen molar-refractivity contribution in [3.63, 3.8) is 0 Å². The maximum absolute atomic E-state index is 12.5. The van der Waals surface area contributed by atoms with Crippen LogP contribution >= 0.6 is 0 Å². The summed E-state index contributed by atoms with van der Waals surface area (Å²) in [4.78, 5) is 42.2. The van der Waals surface area contributed by atoms with Crippen LogP contribution in [0.5, 0.6) is 0 Å². The highest BCUT2D eigenvalue weighted by Crippen LogP contribution is 2.15. The fraction of sp³-hybridized carbons (Fsp3) is 0.400. The lowest BCUT2D eigenvalue weighted by Crippen LogP contribution is -2.50. The van der Waals surface area contributed by atoms with Crippen LogP contribution in [0.1, 0.15) is 32.4 Å². The van der Waals surface area contributed by atoms with E-state index in [9.17, 15) is 14.4 Å². The van der Waals surface area contributed by atoms with E-state index in [1.54, 1.807) is 13.8 Å². The van der Waals surface area contributed by atoms with Gasteiger partial charge in [-0.15, -0.1) is 0 Å². The molecule has 2 atom stereocenters. The number of nitrogens with zero attached hydrogens (tertiary/aromatic N) is 2. The van der Waals surface area contributed by atoms with Crippen molar-refractivity contribution in [2.24, 2.45) is 5.73 Å². The minimum absolute atomic E-state index is 0.00124. The molecule has 9 nitrogen and oxygen atoms in total. The van der Waals surface area contributed by atoms with Crippen LogP contribution in [-0.4, -0.2) is 51.8 Å². The molecule has 1 aromatic carbocycles. The molecule has 4 N–H and O–H groups in total. The molecule has 0 radical (unpaired) electrons. The molecule has 0 aliphatic heterocycles. The second-order valence-electron chi connectivity index (χ2n) is 6.99. The number of Topliss-reactive ketones (excluding diaryl/α,β-unsaturated/α-hetero) is 1. The van der Waals surface area contributed by atoms with Crippen molar-refractivity contribution in [1.82, 2.24) is 10.3 Å². The highest BCUT2D eigenvalue weighted by molar-refractivity contribution is 6.25. The van der Waals surface area contributed by atoms with Gasteiger partial charge in [0.05, 0.1) is 12.1 Å². The van der Waals surface area contributed by atoms with E-state index in [1.165, 1.54) is 0 Å². The number of esters is 1. The monoisotopic (exact) mass is 399 g/mol. The highest BCUT2D eigenvalue weighted by Gasteiger charge is 2.27. The van der Waals surface area contributed by atoms with Crippen LogP contribution in [0.4, 0.5) is 0 Å². The summed E-state index contributed by atoms with van der Waals surface area (Å²) in [5, 5.41) is 3.57.